The number of carboxylic acids is 1. The van der Waals surface area contributed by atoms with Crippen molar-refractivity contribution in [1.82, 2.24) is 4.98 Å². The van der Waals surface area contributed by atoms with E-state index in [1.165, 1.54) is 17.5 Å². The van der Waals surface area contributed by atoms with Gasteiger partial charge in [-0.05, 0) is 54.9 Å². The minimum absolute atomic E-state index is 0.0285. The van der Waals surface area contributed by atoms with E-state index < -0.39 is 5.97 Å². The number of aromatic nitrogens is 1. The van der Waals surface area contributed by atoms with Gasteiger partial charge in [0.05, 0.1) is 5.69 Å². The van der Waals surface area contributed by atoms with Crippen LogP contribution in [0.4, 0.5) is 0 Å². The molecule has 21 heavy (non-hydrogen) atoms. The Morgan fingerprint density at radius 3 is 2.81 bits per heavy atom. The van der Waals surface area contributed by atoms with Gasteiger partial charge in [-0.1, -0.05) is 19.9 Å². The van der Waals surface area contributed by atoms with Gasteiger partial charge in [-0.2, -0.15) is 0 Å². The van der Waals surface area contributed by atoms with E-state index in [-0.39, 0.29) is 5.76 Å². The van der Waals surface area contributed by atoms with Crippen LogP contribution in [0.15, 0.2) is 22.6 Å². The van der Waals surface area contributed by atoms with E-state index in [0.29, 0.717) is 23.9 Å². The molecule has 0 aliphatic heterocycles. The molecule has 1 heterocycles. The molecular formula is C17H19NO3. The van der Waals surface area contributed by atoms with Gasteiger partial charge in [0, 0.05) is 5.56 Å². The number of fused-ring (bicyclic) bond motifs is 1. The van der Waals surface area contributed by atoms with Crippen molar-refractivity contribution in [3.8, 4) is 11.5 Å². The van der Waals surface area contributed by atoms with Crippen LogP contribution in [0, 0.1) is 5.92 Å². The second-order valence-corrected chi connectivity index (χ2v) is 6.04. The van der Waals surface area contributed by atoms with E-state index in [0.717, 1.165) is 18.4 Å². The largest absolute Gasteiger partial charge is 0.475 e. The topological polar surface area (TPSA) is 63.3 Å². The van der Waals surface area contributed by atoms with E-state index in [9.17, 15) is 9.90 Å². The van der Waals surface area contributed by atoms with Gasteiger partial charge in [0.25, 0.3) is 0 Å². The summed E-state index contributed by atoms with van der Waals surface area (Å²) in [5.41, 5.74) is 4.11. The maximum absolute atomic E-state index is 11.3. The van der Waals surface area contributed by atoms with Crippen molar-refractivity contribution >= 4 is 5.97 Å². The normalized spacial score (nSPS) is 13.7. The molecule has 0 bridgehead atoms. The van der Waals surface area contributed by atoms with E-state index >= 15 is 0 Å². The van der Waals surface area contributed by atoms with Gasteiger partial charge >= 0.3 is 5.97 Å². The van der Waals surface area contributed by atoms with Crippen LogP contribution < -0.4 is 0 Å². The van der Waals surface area contributed by atoms with E-state index in [2.05, 4.69) is 17.1 Å². The van der Waals surface area contributed by atoms with Crippen LogP contribution in [0.3, 0.4) is 0 Å². The minimum Gasteiger partial charge on any atom is -0.475 e. The fourth-order valence-corrected chi connectivity index (χ4v) is 2.87. The van der Waals surface area contributed by atoms with Gasteiger partial charge in [0.2, 0.25) is 11.7 Å². The maximum Gasteiger partial charge on any atom is 0.373 e. The van der Waals surface area contributed by atoms with Crippen molar-refractivity contribution in [1.29, 1.82) is 0 Å². The number of carboxylic acid groups (broad SMARTS) is 1. The number of oxazole rings is 1. The molecule has 1 N–H and O–H groups in total. The summed E-state index contributed by atoms with van der Waals surface area (Å²) in [6.45, 7) is 4.07. The first-order valence-electron chi connectivity index (χ1n) is 7.39. The van der Waals surface area contributed by atoms with Crippen LogP contribution in [0.1, 0.15) is 47.6 Å². The predicted octanol–water partition coefficient (Wildman–Crippen LogP) is 3.73. The lowest BCUT2D eigenvalue weighted by atomic mass is 10.1. The Balaban J connectivity index is 2.00. The third-order valence-corrected chi connectivity index (χ3v) is 3.84. The first kappa shape index (κ1) is 13.9. The van der Waals surface area contributed by atoms with Crippen molar-refractivity contribution in [3.05, 3.63) is 40.8 Å². The molecule has 0 atom stereocenters. The summed E-state index contributed by atoms with van der Waals surface area (Å²) in [6, 6.07) is 6.16. The second-order valence-electron chi connectivity index (χ2n) is 6.04. The molecule has 0 amide bonds. The number of benzene rings is 1. The summed E-state index contributed by atoms with van der Waals surface area (Å²) in [5, 5.41) is 9.26. The van der Waals surface area contributed by atoms with Crippen molar-refractivity contribution in [2.75, 3.05) is 0 Å². The van der Waals surface area contributed by atoms with Crippen LogP contribution in [0.5, 0.6) is 0 Å². The molecular weight excluding hydrogens is 266 g/mol. The van der Waals surface area contributed by atoms with E-state index in [1.54, 1.807) is 0 Å². The summed E-state index contributed by atoms with van der Waals surface area (Å²) in [6.07, 6.45) is 3.99. The second kappa shape index (κ2) is 5.35. The van der Waals surface area contributed by atoms with E-state index in [1.807, 2.05) is 19.9 Å². The fourth-order valence-electron chi connectivity index (χ4n) is 2.87. The molecule has 0 spiro atoms. The lowest BCUT2D eigenvalue weighted by Gasteiger charge is -2.01. The molecule has 4 heteroatoms. The number of nitrogens with zero attached hydrogens (tertiary/aromatic N) is 1. The molecule has 110 valence electrons. The van der Waals surface area contributed by atoms with Crippen LogP contribution in [-0.2, 0) is 19.3 Å². The SMILES string of the molecule is CC(C)Cc1nc(-c2ccc3c(c2)CCC3)oc1C(=O)O. The predicted molar refractivity (Wildman–Crippen MR) is 79.5 cm³/mol. The Hall–Kier alpha value is -2.10. The number of aromatic carboxylic acids is 1. The third kappa shape index (κ3) is 2.71. The smallest absolute Gasteiger partial charge is 0.373 e. The summed E-state index contributed by atoms with van der Waals surface area (Å²) in [4.78, 5) is 15.7. The molecule has 0 radical (unpaired) electrons. The molecule has 1 aromatic heterocycles. The van der Waals surface area contributed by atoms with Gasteiger partial charge in [-0.15, -0.1) is 0 Å². The highest BCUT2D eigenvalue weighted by Gasteiger charge is 2.22. The molecule has 1 aromatic carbocycles. The van der Waals surface area contributed by atoms with Crippen molar-refractivity contribution in [2.45, 2.75) is 39.5 Å². The summed E-state index contributed by atoms with van der Waals surface area (Å²) < 4.78 is 5.51. The fraction of sp³-hybridized carbons (Fsp3) is 0.412. The lowest BCUT2D eigenvalue weighted by Crippen LogP contribution is -2.03. The zero-order chi connectivity index (χ0) is 15.0. The standard InChI is InChI=1S/C17H19NO3/c1-10(2)8-14-15(17(19)20)21-16(18-14)13-7-6-11-4-3-5-12(11)9-13/h6-7,9-10H,3-5,8H2,1-2H3,(H,19,20). The number of hydrogen-bond donors (Lipinski definition) is 1. The molecule has 4 nitrogen and oxygen atoms in total. The molecule has 0 fully saturated rings. The summed E-state index contributed by atoms with van der Waals surface area (Å²) in [7, 11) is 0. The van der Waals surface area contributed by atoms with Gasteiger partial charge < -0.3 is 9.52 Å². The van der Waals surface area contributed by atoms with Crippen LogP contribution in [-0.4, -0.2) is 16.1 Å². The Morgan fingerprint density at radius 2 is 2.10 bits per heavy atom. The highest BCUT2D eigenvalue weighted by Crippen LogP contribution is 2.29. The minimum atomic E-state index is -1.05. The van der Waals surface area contributed by atoms with Crippen LogP contribution in [0.2, 0.25) is 0 Å². The average molecular weight is 285 g/mol. The molecule has 1 aliphatic carbocycles. The summed E-state index contributed by atoms with van der Waals surface area (Å²) >= 11 is 0. The average Bonchev–Trinajstić information content (AvgIpc) is 3.03. The maximum atomic E-state index is 11.3. The number of aryl methyl sites for hydroxylation is 2. The molecule has 0 unspecified atom stereocenters. The Kier molecular flexibility index (Phi) is 3.53. The number of rotatable bonds is 4. The molecule has 0 saturated heterocycles. The quantitative estimate of drug-likeness (QED) is 0.929. The molecule has 0 saturated carbocycles. The number of carbonyl (C=O) groups is 1. The highest BCUT2D eigenvalue weighted by molar-refractivity contribution is 5.86. The first-order valence-corrected chi connectivity index (χ1v) is 7.39. The van der Waals surface area contributed by atoms with E-state index in [4.69, 9.17) is 4.42 Å². The lowest BCUT2D eigenvalue weighted by molar-refractivity contribution is 0.0661. The Bertz CT molecular complexity index is 685. The highest BCUT2D eigenvalue weighted by atomic mass is 16.4. The summed E-state index contributed by atoms with van der Waals surface area (Å²) in [5.74, 6) is -0.330. The van der Waals surface area contributed by atoms with Gasteiger partial charge in [-0.25, -0.2) is 9.78 Å². The van der Waals surface area contributed by atoms with Crippen molar-refractivity contribution in [3.63, 3.8) is 0 Å². The molecule has 2 aromatic rings. The zero-order valence-corrected chi connectivity index (χ0v) is 12.3. The van der Waals surface area contributed by atoms with Crippen LogP contribution >= 0.6 is 0 Å². The van der Waals surface area contributed by atoms with Crippen molar-refractivity contribution in [2.24, 2.45) is 5.92 Å². The monoisotopic (exact) mass is 285 g/mol. The third-order valence-electron chi connectivity index (χ3n) is 3.84. The zero-order valence-electron chi connectivity index (χ0n) is 12.3. The van der Waals surface area contributed by atoms with Crippen LogP contribution in [0.25, 0.3) is 11.5 Å². The molecule has 1 aliphatic rings. The number of hydrogen-bond acceptors (Lipinski definition) is 3. The first-order chi connectivity index (χ1) is 10.0. The van der Waals surface area contributed by atoms with Gasteiger partial charge in [-0.3, -0.25) is 0 Å². The Labute approximate surface area is 123 Å². The van der Waals surface area contributed by atoms with Gasteiger partial charge in [0.1, 0.15) is 0 Å². The van der Waals surface area contributed by atoms with Gasteiger partial charge in [0.15, 0.2) is 0 Å². The molecule has 3 rings (SSSR count). The Morgan fingerprint density at radius 1 is 1.33 bits per heavy atom. The van der Waals surface area contributed by atoms with Crippen molar-refractivity contribution < 1.29 is 14.3 Å².